The van der Waals surface area contributed by atoms with E-state index in [1.54, 1.807) is 18.2 Å². The molecule has 1 aromatic rings. The maximum absolute atomic E-state index is 10.8. The van der Waals surface area contributed by atoms with Gasteiger partial charge in [-0.15, -0.1) is 0 Å². The third-order valence-corrected chi connectivity index (χ3v) is 4.15. The van der Waals surface area contributed by atoms with Crippen LogP contribution in [0.3, 0.4) is 0 Å². The molecule has 1 fully saturated rings. The quantitative estimate of drug-likeness (QED) is 0.664. The summed E-state index contributed by atoms with van der Waals surface area (Å²) >= 11 is 0. The predicted molar refractivity (Wildman–Crippen MR) is 79.8 cm³/mol. The zero-order valence-electron chi connectivity index (χ0n) is 12.2. The zero-order chi connectivity index (χ0) is 14.5. The van der Waals surface area contributed by atoms with Crippen molar-refractivity contribution in [3.63, 3.8) is 0 Å². The van der Waals surface area contributed by atoms with Crippen LogP contribution in [0.5, 0.6) is 0 Å². The van der Waals surface area contributed by atoms with Crippen LogP contribution < -0.4 is 5.32 Å². The first-order chi connectivity index (χ1) is 9.58. The molecular weight excluding hydrogens is 254 g/mol. The van der Waals surface area contributed by atoms with Crippen LogP contribution in [0, 0.1) is 10.1 Å². The van der Waals surface area contributed by atoms with E-state index in [4.69, 9.17) is 0 Å². The lowest BCUT2D eigenvalue weighted by molar-refractivity contribution is -0.384. The smallest absolute Gasteiger partial charge is 0.269 e. The first-order valence-corrected chi connectivity index (χ1v) is 7.26. The Morgan fingerprint density at radius 2 is 2.30 bits per heavy atom. The zero-order valence-corrected chi connectivity index (χ0v) is 12.2. The summed E-state index contributed by atoms with van der Waals surface area (Å²) in [5, 5.41) is 14.4. The average molecular weight is 277 g/mol. The van der Waals surface area contributed by atoms with Crippen LogP contribution in [0.4, 0.5) is 5.69 Å². The Morgan fingerprint density at radius 1 is 1.50 bits per heavy atom. The number of piperidine rings is 1. The van der Waals surface area contributed by atoms with Crippen LogP contribution in [0.1, 0.15) is 37.8 Å². The van der Waals surface area contributed by atoms with Crippen LogP contribution >= 0.6 is 0 Å². The minimum absolute atomic E-state index is 0.165. The molecule has 2 rings (SSSR count). The molecule has 0 saturated carbocycles. The number of hydrogen-bond donors (Lipinski definition) is 1. The SMILES string of the molecule is CC(c1cccc([N+](=O)[O-])c1)N(C)CC1CCCCN1. The Bertz CT molecular complexity index is 458. The van der Waals surface area contributed by atoms with Gasteiger partial charge in [0.05, 0.1) is 4.92 Å². The molecule has 0 radical (unpaired) electrons. The third kappa shape index (κ3) is 3.77. The van der Waals surface area contributed by atoms with Crippen molar-refractivity contribution in [1.29, 1.82) is 0 Å². The minimum atomic E-state index is -0.334. The molecule has 1 saturated heterocycles. The highest BCUT2D eigenvalue weighted by molar-refractivity contribution is 5.35. The average Bonchev–Trinajstić information content (AvgIpc) is 2.47. The lowest BCUT2D eigenvalue weighted by Gasteiger charge is -2.31. The van der Waals surface area contributed by atoms with Crippen molar-refractivity contribution >= 4 is 5.69 Å². The highest BCUT2D eigenvalue weighted by Crippen LogP contribution is 2.23. The number of nitrogens with zero attached hydrogens (tertiary/aromatic N) is 2. The van der Waals surface area contributed by atoms with Gasteiger partial charge in [-0.05, 0) is 38.9 Å². The van der Waals surface area contributed by atoms with Gasteiger partial charge in [0.2, 0.25) is 0 Å². The van der Waals surface area contributed by atoms with Gasteiger partial charge in [-0.3, -0.25) is 15.0 Å². The molecule has 0 bridgehead atoms. The summed E-state index contributed by atoms with van der Waals surface area (Å²) in [6.45, 7) is 4.18. The van der Waals surface area contributed by atoms with E-state index in [-0.39, 0.29) is 16.7 Å². The van der Waals surface area contributed by atoms with E-state index in [0.29, 0.717) is 6.04 Å². The van der Waals surface area contributed by atoms with Crippen LogP contribution in [0.2, 0.25) is 0 Å². The van der Waals surface area contributed by atoms with E-state index in [1.807, 2.05) is 6.07 Å². The van der Waals surface area contributed by atoms with E-state index in [9.17, 15) is 10.1 Å². The molecule has 1 heterocycles. The standard InChI is InChI=1S/C15H23N3O2/c1-12(13-6-5-8-15(10-13)18(19)20)17(2)11-14-7-3-4-9-16-14/h5-6,8,10,12,14,16H,3-4,7,9,11H2,1-2H3. The monoisotopic (exact) mass is 277 g/mol. The molecule has 0 aliphatic carbocycles. The Labute approximate surface area is 120 Å². The van der Waals surface area contributed by atoms with E-state index in [2.05, 4.69) is 24.2 Å². The van der Waals surface area contributed by atoms with E-state index in [1.165, 1.54) is 19.3 Å². The van der Waals surface area contributed by atoms with Crippen LogP contribution in [-0.2, 0) is 0 Å². The Hall–Kier alpha value is -1.46. The first-order valence-electron chi connectivity index (χ1n) is 7.26. The number of nitrogens with one attached hydrogen (secondary N) is 1. The maximum atomic E-state index is 10.8. The van der Waals surface area contributed by atoms with Crippen molar-refractivity contribution in [2.24, 2.45) is 0 Å². The number of nitro groups is 1. The van der Waals surface area contributed by atoms with Crippen molar-refractivity contribution in [3.8, 4) is 0 Å². The Balaban J connectivity index is 2.00. The molecule has 1 aliphatic rings. The molecule has 0 aromatic heterocycles. The molecule has 5 heteroatoms. The van der Waals surface area contributed by atoms with Crippen molar-refractivity contribution in [2.45, 2.75) is 38.3 Å². The van der Waals surface area contributed by atoms with Gasteiger partial charge in [-0.2, -0.15) is 0 Å². The van der Waals surface area contributed by atoms with E-state index >= 15 is 0 Å². The molecule has 2 unspecified atom stereocenters. The predicted octanol–water partition coefficient (Wildman–Crippen LogP) is 2.73. The van der Waals surface area contributed by atoms with Crippen molar-refractivity contribution < 1.29 is 4.92 Å². The summed E-state index contributed by atoms with van der Waals surface area (Å²) in [4.78, 5) is 12.8. The number of likely N-dealkylation sites (N-methyl/N-ethyl adjacent to an activating group) is 1. The van der Waals surface area contributed by atoms with Gasteiger partial charge in [0.25, 0.3) is 5.69 Å². The summed E-state index contributed by atoms with van der Waals surface area (Å²) in [5.74, 6) is 0. The molecule has 1 aliphatic heterocycles. The minimum Gasteiger partial charge on any atom is -0.313 e. The summed E-state index contributed by atoms with van der Waals surface area (Å²) in [7, 11) is 2.08. The fourth-order valence-corrected chi connectivity index (χ4v) is 2.74. The van der Waals surface area contributed by atoms with Crippen LogP contribution in [-0.4, -0.2) is 36.0 Å². The lowest BCUT2D eigenvalue weighted by atomic mass is 10.0. The molecule has 0 amide bonds. The van der Waals surface area contributed by atoms with Crippen molar-refractivity contribution in [1.82, 2.24) is 10.2 Å². The van der Waals surface area contributed by atoms with Crippen molar-refractivity contribution in [2.75, 3.05) is 20.1 Å². The number of nitro benzene ring substituents is 1. The summed E-state index contributed by atoms with van der Waals surface area (Å²) in [6, 6.07) is 7.65. The Kier molecular flexibility index (Phi) is 5.09. The van der Waals surface area contributed by atoms with Gasteiger partial charge in [0, 0.05) is 30.8 Å². The second kappa shape index (κ2) is 6.81. The van der Waals surface area contributed by atoms with Gasteiger partial charge in [-0.25, -0.2) is 0 Å². The fraction of sp³-hybridized carbons (Fsp3) is 0.600. The van der Waals surface area contributed by atoms with E-state index < -0.39 is 0 Å². The van der Waals surface area contributed by atoms with Gasteiger partial charge < -0.3 is 5.32 Å². The van der Waals surface area contributed by atoms with Gasteiger partial charge in [0.1, 0.15) is 0 Å². The molecule has 0 spiro atoms. The summed E-state index contributed by atoms with van der Waals surface area (Å²) < 4.78 is 0. The fourth-order valence-electron chi connectivity index (χ4n) is 2.74. The number of hydrogen-bond acceptors (Lipinski definition) is 4. The normalized spacial score (nSPS) is 20.9. The topological polar surface area (TPSA) is 58.4 Å². The molecular formula is C15H23N3O2. The molecule has 20 heavy (non-hydrogen) atoms. The molecule has 110 valence electrons. The summed E-state index contributed by atoms with van der Waals surface area (Å²) in [6.07, 6.45) is 3.77. The Morgan fingerprint density at radius 3 is 2.95 bits per heavy atom. The van der Waals surface area contributed by atoms with Gasteiger partial charge >= 0.3 is 0 Å². The molecule has 5 nitrogen and oxygen atoms in total. The lowest BCUT2D eigenvalue weighted by Crippen LogP contribution is -2.43. The second-order valence-corrected chi connectivity index (χ2v) is 5.61. The third-order valence-electron chi connectivity index (χ3n) is 4.15. The largest absolute Gasteiger partial charge is 0.313 e. The molecule has 1 aromatic carbocycles. The second-order valence-electron chi connectivity index (χ2n) is 5.61. The van der Waals surface area contributed by atoms with Crippen molar-refractivity contribution in [3.05, 3.63) is 39.9 Å². The highest BCUT2D eigenvalue weighted by Gasteiger charge is 2.19. The summed E-state index contributed by atoms with van der Waals surface area (Å²) in [5.41, 5.74) is 1.16. The van der Waals surface area contributed by atoms with Gasteiger partial charge in [-0.1, -0.05) is 18.6 Å². The highest BCUT2D eigenvalue weighted by atomic mass is 16.6. The number of rotatable bonds is 5. The van der Waals surface area contributed by atoms with Crippen LogP contribution in [0.15, 0.2) is 24.3 Å². The molecule has 1 N–H and O–H groups in total. The molecule has 2 atom stereocenters. The van der Waals surface area contributed by atoms with Crippen LogP contribution in [0.25, 0.3) is 0 Å². The maximum Gasteiger partial charge on any atom is 0.269 e. The van der Waals surface area contributed by atoms with E-state index in [0.717, 1.165) is 18.7 Å². The number of benzene rings is 1. The first kappa shape index (κ1) is 14.9. The number of non-ortho nitro benzene ring substituents is 1. The van der Waals surface area contributed by atoms with Gasteiger partial charge in [0.15, 0.2) is 0 Å².